The molecule has 2 N–H and O–H groups in total. The molecule has 2 aliphatic heterocycles. The summed E-state index contributed by atoms with van der Waals surface area (Å²) in [7, 11) is 0. The maximum Gasteiger partial charge on any atom is 0.407 e. The van der Waals surface area contributed by atoms with Gasteiger partial charge in [0.1, 0.15) is 12.6 Å². The Kier molecular flexibility index (Phi) is 7.57. The average molecular weight is 449 g/mol. The molecule has 2 atom stereocenters. The summed E-state index contributed by atoms with van der Waals surface area (Å²) in [6.45, 7) is 7.04. The smallest absolute Gasteiger partial charge is 0.407 e. The van der Waals surface area contributed by atoms with E-state index in [9.17, 15) is 19.5 Å². The van der Waals surface area contributed by atoms with Gasteiger partial charge in [-0.3, -0.25) is 14.5 Å². The number of benzene rings is 1. The summed E-state index contributed by atoms with van der Waals surface area (Å²) in [6.07, 6.45) is 0.113. The minimum Gasteiger partial charge on any atom is -0.465 e. The van der Waals surface area contributed by atoms with E-state index in [2.05, 4.69) is 5.48 Å². The van der Waals surface area contributed by atoms with Crippen molar-refractivity contribution >= 4 is 18.0 Å². The zero-order valence-electron chi connectivity index (χ0n) is 18.8. The normalized spacial score (nSPS) is 20.4. The predicted molar refractivity (Wildman–Crippen MR) is 115 cm³/mol. The van der Waals surface area contributed by atoms with Crippen molar-refractivity contribution in [1.29, 1.82) is 0 Å². The van der Waals surface area contributed by atoms with Crippen molar-refractivity contribution in [2.24, 2.45) is 5.41 Å². The number of carbonyl (C=O) groups excluding carboxylic acids is 2. The highest BCUT2D eigenvalue weighted by atomic mass is 16.7. The molecular weight excluding hydrogens is 416 g/mol. The minimum absolute atomic E-state index is 0.0176. The first-order chi connectivity index (χ1) is 15.2. The van der Waals surface area contributed by atoms with E-state index in [1.807, 2.05) is 51.1 Å². The number of carboxylic acid groups (broad SMARTS) is 1. The maximum atomic E-state index is 12.8. The van der Waals surface area contributed by atoms with Gasteiger partial charge in [-0.15, -0.1) is 0 Å². The standard InChI is InChI=1S/C22H32N4O6/c1-22(2,3)15-24(21(29)30)11-12-31-23-19(27)18-10-9-17-13-25(18)20(28)26(17)32-14-16-7-5-4-6-8-16/h4-8,17-18H,9-15H2,1-3H3,(H,23,27)(H,29,30)/t17-,18+/m1/s1. The Morgan fingerprint density at radius 3 is 2.59 bits per heavy atom. The molecule has 0 aromatic heterocycles. The lowest BCUT2D eigenvalue weighted by Crippen LogP contribution is -2.50. The van der Waals surface area contributed by atoms with E-state index in [-0.39, 0.29) is 37.2 Å². The Balaban J connectivity index is 1.46. The van der Waals surface area contributed by atoms with E-state index in [4.69, 9.17) is 9.68 Å². The third-order valence-corrected chi connectivity index (χ3v) is 5.41. The number of urea groups is 1. The number of hydrogen-bond donors (Lipinski definition) is 2. The van der Waals surface area contributed by atoms with Crippen LogP contribution in [0.2, 0.25) is 0 Å². The van der Waals surface area contributed by atoms with Crippen molar-refractivity contribution in [2.75, 3.05) is 26.2 Å². The number of rotatable bonds is 9. The molecule has 10 nitrogen and oxygen atoms in total. The predicted octanol–water partition coefficient (Wildman–Crippen LogP) is 2.46. The molecule has 2 saturated heterocycles. The summed E-state index contributed by atoms with van der Waals surface area (Å²) in [4.78, 5) is 50.5. The first-order valence-electron chi connectivity index (χ1n) is 10.8. The fourth-order valence-corrected chi connectivity index (χ4v) is 3.95. The summed E-state index contributed by atoms with van der Waals surface area (Å²) in [5, 5.41) is 10.7. The first-order valence-corrected chi connectivity index (χ1v) is 10.8. The van der Waals surface area contributed by atoms with Crippen LogP contribution >= 0.6 is 0 Å². The largest absolute Gasteiger partial charge is 0.465 e. The van der Waals surface area contributed by atoms with Crippen LogP contribution < -0.4 is 5.48 Å². The molecule has 0 radical (unpaired) electrons. The van der Waals surface area contributed by atoms with Gasteiger partial charge in [-0.2, -0.15) is 5.06 Å². The third kappa shape index (κ3) is 6.10. The van der Waals surface area contributed by atoms with Gasteiger partial charge in [-0.05, 0) is 23.8 Å². The van der Waals surface area contributed by atoms with E-state index < -0.39 is 18.0 Å². The zero-order valence-corrected chi connectivity index (χ0v) is 18.8. The molecule has 4 amide bonds. The Hall–Kier alpha value is -2.85. The van der Waals surface area contributed by atoms with Gasteiger partial charge in [0.05, 0.1) is 12.6 Å². The van der Waals surface area contributed by atoms with Gasteiger partial charge >= 0.3 is 12.1 Å². The summed E-state index contributed by atoms with van der Waals surface area (Å²) in [6, 6.07) is 8.52. The van der Waals surface area contributed by atoms with Gasteiger partial charge < -0.3 is 14.9 Å². The van der Waals surface area contributed by atoms with Crippen LogP contribution in [0.5, 0.6) is 0 Å². The summed E-state index contributed by atoms with van der Waals surface area (Å²) in [5.41, 5.74) is 3.14. The number of amides is 4. The van der Waals surface area contributed by atoms with E-state index in [0.29, 0.717) is 25.9 Å². The second-order valence-corrected chi connectivity index (χ2v) is 9.35. The molecule has 2 bridgehead atoms. The van der Waals surface area contributed by atoms with Crippen molar-refractivity contribution in [1.82, 2.24) is 20.3 Å². The summed E-state index contributed by atoms with van der Waals surface area (Å²) < 4.78 is 0. The van der Waals surface area contributed by atoms with E-state index >= 15 is 0 Å². The van der Waals surface area contributed by atoms with E-state index in [0.717, 1.165) is 5.56 Å². The van der Waals surface area contributed by atoms with Crippen molar-refractivity contribution in [3.05, 3.63) is 35.9 Å². The lowest BCUT2D eigenvalue weighted by Gasteiger charge is -2.29. The molecule has 0 unspecified atom stereocenters. The molecule has 3 rings (SSSR count). The molecule has 1 aromatic carbocycles. The number of hydroxylamine groups is 3. The number of piperidine rings is 1. The topological polar surface area (TPSA) is 112 Å². The van der Waals surface area contributed by atoms with Crippen LogP contribution in [-0.4, -0.2) is 76.3 Å². The van der Waals surface area contributed by atoms with Crippen LogP contribution in [0.3, 0.4) is 0 Å². The minimum atomic E-state index is -1.04. The quantitative estimate of drug-likeness (QED) is 0.443. The van der Waals surface area contributed by atoms with Gasteiger partial charge in [-0.1, -0.05) is 51.1 Å². The molecule has 2 heterocycles. The average Bonchev–Trinajstić information content (AvgIpc) is 2.98. The Labute approximate surface area is 188 Å². The summed E-state index contributed by atoms with van der Waals surface area (Å²) >= 11 is 0. The van der Waals surface area contributed by atoms with Crippen LogP contribution in [-0.2, 0) is 21.1 Å². The second kappa shape index (κ2) is 10.2. The fraction of sp³-hybridized carbons (Fsp3) is 0.591. The highest BCUT2D eigenvalue weighted by molar-refractivity contribution is 5.88. The highest BCUT2D eigenvalue weighted by Crippen LogP contribution is 2.30. The van der Waals surface area contributed by atoms with E-state index in [1.165, 1.54) is 14.9 Å². The zero-order chi connectivity index (χ0) is 23.3. The fourth-order valence-electron chi connectivity index (χ4n) is 3.95. The van der Waals surface area contributed by atoms with Crippen LogP contribution in [0.15, 0.2) is 30.3 Å². The Bertz CT molecular complexity index is 812. The highest BCUT2D eigenvalue weighted by Gasteiger charge is 2.48. The van der Waals surface area contributed by atoms with E-state index in [1.54, 1.807) is 0 Å². The molecule has 2 aliphatic rings. The molecular formula is C22H32N4O6. The van der Waals surface area contributed by atoms with Gasteiger partial charge in [0.2, 0.25) is 0 Å². The van der Waals surface area contributed by atoms with Gasteiger partial charge in [-0.25, -0.2) is 15.1 Å². The van der Waals surface area contributed by atoms with Crippen LogP contribution in [0.1, 0.15) is 39.2 Å². The molecule has 32 heavy (non-hydrogen) atoms. The third-order valence-electron chi connectivity index (χ3n) is 5.41. The molecule has 10 heteroatoms. The lowest BCUT2D eigenvalue weighted by atomic mass is 9.96. The van der Waals surface area contributed by atoms with Gasteiger partial charge in [0, 0.05) is 19.6 Å². The lowest BCUT2D eigenvalue weighted by molar-refractivity contribution is -0.141. The Morgan fingerprint density at radius 2 is 1.94 bits per heavy atom. The van der Waals surface area contributed by atoms with Crippen molar-refractivity contribution in [3.63, 3.8) is 0 Å². The Morgan fingerprint density at radius 1 is 1.22 bits per heavy atom. The van der Waals surface area contributed by atoms with Crippen LogP contribution in [0.4, 0.5) is 9.59 Å². The van der Waals surface area contributed by atoms with Gasteiger partial charge in [0.25, 0.3) is 5.91 Å². The van der Waals surface area contributed by atoms with Gasteiger partial charge in [0.15, 0.2) is 0 Å². The SMILES string of the molecule is CC(C)(C)CN(CCONC(=O)[C@@H]1CC[C@@H]2CN1C(=O)N2OCc1ccccc1)C(=O)O. The number of hydrogen-bond acceptors (Lipinski definition) is 5. The first kappa shape index (κ1) is 23.8. The molecule has 176 valence electrons. The number of carbonyl (C=O) groups is 3. The van der Waals surface area contributed by atoms with Crippen molar-refractivity contribution in [2.45, 2.75) is 52.3 Å². The monoisotopic (exact) mass is 448 g/mol. The molecule has 1 aromatic rings. The van der Waals surface area contributed by atoms with Crippen LogP contribution in [0.25, 0.3) is 0 Å². The molecule has 0 saturated carbocycles. The number of nitrogens with zero attached hydrogens (tertiary/aromatic N) is 3. The molecule has 0 aliphatic carbocycles. The van der Waals surface area contributed by atoms with Crippen molar-refractivity contribution < 1.29 is 29.2 Å². The summed E-state index contributed by atoms with van der Waals surface area (Å²) in [5.74, 6) is -0.417. The number of nitrogens with one attached hydrogen (secondary N) is 1. The maximum absolute atomic E-state index is 12.8. The molecule has 2 fully saturated rings. The van der Waals surface area contributed by atoms with Crippen LogP contribution in [0, 0.1) is 5.41 Å². The number of fused-ring (bicyclic) bond motifs is 2. The second-order valence-electron chi connectivity index (χ2n) is 9.35. The molecule has 0 spiro atoms. The van der Waals surface area contributed by atoms with Crippen molar-refractivity contribution in [3.8, 4) is 0 Å².